The van der Waals surface area contributed by atoms with E-state index in [2.05, 4.69) is 9.84 Å². The van der Waals surface area contributed by atoms with E-state index in [0.717, 1.165) is 11.4 Å². The number of carbonyl (C=O) groups excluding carboxylic acids is 1. The van der Waals surface area contributed by atoms with Crippen LogP contribution >= 0.6 is 11.6 Å². The number of aromatic nitrogens is 2. The van der Waals surface area contributed by atoms with Crippen molar-refractivity contribution >= 4 is 17.6 Å². The highest BCUT2D eigenvalue weighted by Crippen LogP contribution is 2.24. The smallest absolute Gasteiger partial charge is 0.360 e. The van der Waals surface area contributed by atoms with E-state index in [1.807, 2.05) is 31.2 Å². The van der Waals surface area contributed by atoms with Crippen LogP contribution in [0.25, 0.3) is 5.69 Å². The van der Waals surface area contributed by atoms with Gasteiger partial charge in [0.2, 0.25) is 0 Å². The van der Waals surface area contributed by atoms with Crippen LogP contribution in [0.2, 0.25) is 5.02 Å². The molecule has 0 atom stereocenters. The number of ether oxygens (including phenoxy) is 2. The fraction of sp³-hybridized carbons (Fsp3) is 0.286. The number of esters is 1. The molecule has 2 rings (SSSR count). The molecule has 0 amide bonds. The average molecular weight is 295 g/mol. The van der Waals surface area contributed by atoms with Gasteiger partial charge in [0.05, 0.1) is 30.1 Å². The van der Waals surface area contributed by atoms with Crippen LogP contribution in [-0.4, -0.2) is 29.5 Å². The van der Waals surface area contributed by atoms with Crippen LogP contribution in [0.15, 0.2) is 24.3 Å². The molecule has 2 aromatic rings. The van der Waals surface area contributed by atoms with Gasteiger partial charge in [-0.25, -0.2) is 9.48 Å². The van der Waals surface area contributed by atoms with Crippen molar-refractivity contribution < 1.29 is 14.3 Å². The third kappa shape index (κ3) is 2.63. The molecule has 0 fully saturated rings. The molecule has 0 aliphatic heterocycles. The highest BCUT2D eigenvalue weighted by atomic mass is 35.5. The van der Waals surface area contributed by atoms with E-state index in [0.29, 0.717) is 17.3 Å². The van der Waals surface area contributed by atoms with Gasteiger partial charge in [-0.05, 0) is 38.1 Å². The molecule has 1 aromatic carbocycles. The standard InChI is InChI=1S/C14H15ClN2O3/c1-4-20-11-7-5-10(6-8-11)17-9(2)12(15)13(16-17)14(18)19-3/h5-8H,4H2,1-3H3. The first-order valence-electron chi connectivity index (χ1n) is 6.15. The van der Waals surface area contributed by atoms with Crippen LogP contribution in [0, 0.1) is 6.92 Å². The maximum Gasteiger partial charge on any atom is 0.360 e. The molecule has 0 spiro atoms. The molecule has 1 heterocycles. The van der Waals surface area contributed by atoms with Crippen LogP contribution in [-0.2, 0) is 4.74 Å². The zero-order valence-corrected chi connectivity index (χ0v) is 12.3. The molecule has 0 saturated carbocycles. The summed E-state index contributed by atoms with van der Waals surface area (Å²) in [6.45, 7) is 4.32. The zero-order chi connectivity index (χ0) is 14.7. The minimum absolute atomic E-state index is 0.112. The van der Waals surface area contributed by atoms with E-state index in [1.54, 1.807) is 11.6 Å². The van der Waals surface area contributed by atoms with Gasteiger partial charge in [-0.15, -0.1) is 0 Å². The molecule has 0 radical (unpaired) electrons. The lowest BCUT2D eigenvalue weighted by molar-refractivity contribution is 0.0593. The molecule has 20 heavy (non-hydrogen) atoms. The summed E-state index contributed by atoms with van der Waals surface area (Å²) < 4.78 is 11.6. The summed E-state index contributed by atoms with van der Waals surface area (Å²) in [6.07, 6.45) is 0. The third-order valence-electron chi connectivity index (χ3n) is 2.81. The first-order chi connectivity index (χ1) is 9.58. The molecule has 0 aliphatic rings. The van der Waals surface area contributed by atoms with Gasteiger partial charge >= 0.3 is 5.97 Å². The largest absolute Gasteiger partial charge is 0.494 e. The summed E-state index contributed by atoms with van der Waals surface area (Å²) in [5, 5.41) is 4.49. The van der Waals surface area contributed by atoms with Gasteiger partial charge in [0.15, 0.2) is 5.69 Å². The summed E-state index contributed by atoms with van der Waals surface area (Å²) in [4.78, 5) is 11.6. The van der Waals surface area contributed by atoms with Gasteiger partial charge in [-0.1, -0.05) is 11.6 Å². The first-order valence-corrected chi connectivity index (χ1v) is 6.53. The van der Waals surface area contributed by atoms with E-state index in [1.165, 1.54) is 7.11 Å². The molecule has 0 bridgehead atoms. The van der Waals surface area contributed by atoms with Crippen molar-refractivity contribution in [3.63, 3.8) is 0 Å². The molecular formula is C14H15ClN2O3. The number of benzene rings is 1. The lowest BCUT2D eigenvalue weighted by Crippen LogP contribution is -2.04. The number of halogens is 1. The van der Waals surface area contributed by atoms with Crippen molar-refractivity contribution in [2.75, 3.05) is 13.7 Å². The third-order valence-corrected chi connectivity index (χ3v) is 3.27. The molecule has 0 saturated heterocycles. The summed E-state index contributed by atoms with van der Waals surface area (Å²) in [5.74, 6) is 0.225. The number of hydrogen-bond donors (Lipinski definition) is 0. The van der Waals surface area contributed by atoms with Gasteiger partial charge in [-0.2, -0.15) is 5.10 Å². The van der Waals surface area contributed by atoms with Crippen molar-refractivity contribution in [2.45, 2.75) is 13.8 Å². The summed E-state index contributed by atoms with van der Waals surface area (Å²) in [6, 6.07) is 7.38. The second-order valence-electron chi connectivity index (χ2n) is 4.08. The number of carbonyl (C=O) groups is 1. The van der Waals surface area contributed by atoms with Crippen molar-refractivity contribution in [2.24, 2.45) is 0 Å². The topological polar surface area (TPSA) is 53.4 Å². The fourth-order valence-corrected chi connectivity index (χ4v) is 2.01. The summed E-state index contributed by atoms with van der Waals surface area (Å²) in [7, 11) is 1.30. The Bertz CT molecular complexity index is 620. The molecule has 106 valence electrons. The SMILES string of the molecule is CCOc1ccc(-n2nc(C(=O)OC)c(Cl)c2C)cc1. The molecular weight excluding hydrogens is 280 g/mol. The fourth-order valence-electron chi connectivity index (χ4n) is 1.81. The van der Waals surface area contributed by atoms with E-state index in [-0.39, 0.29) is 5.69 Å². The Kier molecular flexibility index (Phi) is 4.29. The second-order valence-corrected chi connectivity index (χ2v) is 4.46. The number of nitrogens with zero attached hydrogens (tertiary/aromatic N) is 2. The van der Waals surface area contributed by atoms with E-state index in [9.17, 15) is 4.79 Å². The van der Waals surface area contributed by atoms with Gasteiger partial charge in [0, 0.05) is 0 Å². The van der Waals surface area contributed by atoms with Crippen LogP contribution < -0.4 is 4.74 Å². The van der Waals surface area contributed by atoms with E-state index >= 15 is 0 Å². The lowest BCUT2D eigenvalue weighted by Gasteiger charge is -2.06. The quantitative estimate of drug-likeness (QED) is 0.813. The van der Waals surface area contributed by atoms with E-state index < -0.39 is 5.97 Å². The van der Waals surface area contributed by atoms with Gasteiger partial charge < -0.3 is 9.47 Å². The maximum atomic E-state index is 11.6. The normalized spacial score (nSPS) is 10.4. The number of hydrogen-bond acceptors (Lipinski definition) is 4. The number of rotatable bonds is 4. The second kappa shape index (κ2) is 5.96. The molecule has 0 N–H and O–H groups in total. The minimum Gasteiger partial charge on any atom is -0.494 e. The Morgan fingerprint density at radius 2 is 2.00 bits per heavy atom. The van der Waals surface area contributed by atoms with Gasteiger partial charge in [-0.3, -0.25) is 0 Å². The highest BCUT2D eigenvalue weighted by molar-refractivity contribution is 6.34. The van der Waals surface area contributed by atoms with Crippen LogP contribution in [0.3, 0.4) is 0 Å². The molecule has 1 aromatic heterocycles. The Labute approximate surface area is 122 Å². The Balaban J connectivity index is 2.40. The highest BCUT2D eigenvalue weighted by Gasteiger charge is 2.20. The molecule has 6 heteroatoms. The maximum absolute atomic E-state index is 11.6. The predicted octanol–water partition coefficient (Wildman–Crippen LogP) is 3.02. The van der Waals surface area contributed by atoms with Gasteiger partial charge in [0.1, 0.15) is 5.75 Å². The molecule has 0 aliphatic carbocycles. The average Bonchev–Trinajstić information content (AvgIpc) is 2.76. The van der Waals surface area contributed by atoms with Crippen LogP contribution in [0.4, 0.5) is 0 Å². The Morgan fingerprint density at radius 3 is 2.55 bits per heavy atom. The van der Waals surface area contributed by atoms with Gasteiger partial charge in [0.25, 0.3) is 0 Å². The van der Waals surface area contributed by atoms with Crippen molar-refractivity contribution in [3.8, 4) is 11.4 Å². The molecule has 5 nitrogen and oxygen atoms in total. The van der Waals surface area contributed by atoms with Crippen LogP contribution in [0.5, 0.6) is 5.75 Å². The first kappa shape index (κ1) is 14.4. The zero-order valence-electron chi connectivity index (χ0n) is 11.5. The summed E-state index contributed by atoms with van der Waals surface area (Å²) in [5.41, 5.74) is 1.58. The van der Waals surface area contributed by atoms with E-state index in [4.69, 9.17) is 16.3 Å². The summed E-state index contributed by atoms with van der Waals surface area (Å²) >= 11 is 6.11. The Hall–Kier alpha value is -2.01. The lowest BCUT2D eigenvalue weighted by atomic mass is 10.3. The van der Waals surface area contributed by atoms with Crippen molar-refractivity contribution in [3.05, 3.63) is 40.7 Å². The monoisotopic (exact) mass is 294 g/mol. The van der Waals surface area contributed by atoms with Crippen molar-refractivity contribution in [1.29, 1.82) is 0 Å². The minimum atomic E-state index is -0.553. The predicted molar refractivity (Wildman–Crippen MR) is 75.8 cm³/mol. The number of methoxy groups -OCH3 is 1. The van der Waals surface area contributed by atoms with Crippen molar-refractivity contribution in [1.82, 2.24) is 9.78 Å². The van der Waals surface area contributed by atoms with Crippen LogP contribution in [0.1, 0.15) is 23.1 Å². The Morgan fingerprint density at radius 1 is 1.35 bits per heavy atom. The molecule has 0 unspecified atom stereocenters.